The fraction of sp³-hybridized carbons (Fsp3) is 0.688. The third-order valence-electron chi connectivity index (χ3n) is 4.18. The van der Waals surface area contributed by atoms with E-state index in [2.05, 4.69) is 0 Å². The second kappa shape index (κ2) is 8.70. The number of aromatic nitrogens is 2. The van der Waals surface area contributed by atoms with E-state index in [0.29, 0.717) is 17.2 Å². The summed E-state index contributed by atoms with van der Waals surface area (Å²) < 4.78 is 49.5. The largest absolute Gasteiger partial charge is 0.463 e. The number of aromatic amines is 1. The van der Waals surface area contributed by atoms with Gasteiger partial charge in [0.2, 0.25) is 0 Å². The number of hydrogen-bond donors (Lipinski definition) is 2. The Morgan fingerprint density at radius 2 is 2.11 bits per heavy atom. The van der Waals surface area contributed by atoms with Gasteiger partial charge in [0, 0.05) is 19.0 Å². The SMILES string of the molecule is CCCCCC(=O)OC[C@H]1O[C@@H](n2cc(C(F)(F)F)c(=O)[nH]c2=O)C[C@@H]1O. The average molecular weight is 394 g/mol. The van der Waals surface area contributed by atoms with Crippen molar-refractivity contribution in [2.75, 3.05) is 6.61 Å². The Morgan fingerprint density at radius 3 is 2.74 bits per heavy atom. The molecule has 1 aromatic rings. The molecule has 1 fully saturated rings. The molecule has 0 saturated carbocycles. The van der Waals surface area contributed by atoms with Crippen LogP contribution in [-0.2, 0) is 20.4 Å². The van der Waals surface area contributed by atoms with Gasteiger partial charge >= 0.3 is 17.8 Å². The van der Waals surface area contributed by atoms with Crippen molar-refractivity contribution < 1.29 is 32.5 Å². The second-order valence-electron chi connectivity index (χ2n) is 6.28. The average Bonchev–Trinajstić information content (AvgIpc) is 2.92. The molecule has 8 nitrogen and oxygen atoms in total. The lowest BCUT2D eigenvalue weighted by molar-refractivity contribution is -0.150. The minimum Gasteiger partial charge on any atom is -0.463 e. The maximum Gasteiger partial charge on any atom is 0.423 e. The van der Waals surface area contributed by atoms with E-state index in [1.54, 1.807) is 4.98 Å². The van der Waals surface area contributed by atoms with Crippen LogP contribution in [0.1, 0.15) is 50.8 Å². The van der Waals surface area contributed by atoms with Gasteiger partial charge in [-0.05, 0) is 6.42 Å². The molecule has 0 aromatic carbocycles. The summed E-state index contributed by atoms with van der Waals surface area (Å²) in [5.74, 6) is -0.469. The molecule has 27 heavy (non-hydrogen) atoms. The van der Waals surface area contributed by atoms with Gasteiger partial charge in [-0.1, -0.05) is 19.8 Å². The maximum absolute atomic E-state index is 12.9. The summed E-state index contributed by atoms with van der Waals surface area (Å²) in [5.41, 5.74) is -4.20. The van der Waals surface area contributed by atoms with E-state index in [4.69, 9.17) is 9.47 Å². The number of rotatable bonds is 7. The Balaban J connectivity index is 2.05. The Morgan fingerprint density at radius 1 is 1.41 bits per heavy atom. The molecule has 0 radical (unpaired) electrons. The number of aliphatic hydroxyl groups is 1. The number of H-pyrrole nitrogens is 1. The molecule has 0 spiro atoms. The highest BCUT2D eigenvalue weighted by atomic mass is 19.4. The smallest absolute Gasteiger partial charge is 0.423 e. The van der Waals surface area contributed by atoms with Crippen molar-refractivity contribution in [1.82, 2.24) is 9.55 Å². The van der Waals surface area contributed by atoms with E-state index in [0.717, 1.165) is 12.8 Å². The zero-order valence-electron chi connectivity index (χ0n) is 14.6. The minimum atomic E-state index is -4.95. The second-order valence-corrected chi connectivity index (χ2v) is 6.28. The number of ether oxygens (including phenoxy) is 2. The highest BCUT2D eigenvalue weighted by molar-refractivity contribution is 5.69. The lowest BCUT2D eigenvalue weighted by atomic mass is 10.2. The van der Waals surface area contributed by atoms with Gasteiger partial charge in [-0.25, -0.2) is 4.79 Å². The first-order chi connectivity index (χ1) is 12.6. The molecule has 152 valence electrons. The van der Waals surface area contributed by atoms with Gasteiger partial charge in [-0.15, -0.1) is 0 Å². The van der Waals surface area contributed by atoms with Crippen LogP contribution in [0, 0.1) is 0 Å². The van der Waals surface area contributed by atoms with Crippen LogP contribution in [-0.4, -0.2) is 39.4 Å². The number of halogens is 3. The third kappa shape index (κ3) is 5.42. The van der Waals surface area contributed by atoms with E-state index in [1.165, 1.54) is 0 Å². The number of aliphatic hydroxyl groups excluding tert-OH is 1. The van der Waals surface area contributed by atoms with Crippen molar-refractivity contribution in [2.24, 2.45) is 0 Å². The van der Waals surface area contributed by atoms with E-state index < -0.39 is 47.4 Å². The summed E-state index contributed by atoms with van der Waals surface area (Å²) in [4.78, 5) is 36.3. The van der Waals surface area contributed by atoms with Gasteiger partial charge in [0.1, 0.15) is 24.5 Å². The molecular weight excluding hydrogens is 373 g/mol. The number of unbranched alkanes of at least 4 members (excludes halogenated alkanes) is 2. The molecule has 0 unspecified atom stereocenters. The summed E-state index contributed by atoms with van der Waals surface area (Å²) >= 11 is 0. The summed E-state index contributed by atoms with van der Waals surface area (Å²) in [6, 6.07) is 0. The Bertz CT molecular complexity index is 773. The van der Waals surface area contributed by atoms with Gasteiger partial charge in [0.15, 0.2) is 0 Å². The van der Waals surface area contributed by atoms with Crippen LogP contribution in [0.25, 0.3) is 0 Å². The fourth-order valence-electron chi connectivity index (χ4n) is 2.70. The molecule has 3 atom stereocenters. The zero-order valence-corrected chi connectivity index (χ0v) is 14.6. The number of carbonyl (C=O) groups excluding carboxylic acids is 1. The number of alkyl halides is 3. The van der Waals surface area contributed by atoms with Gasteiger partial charge in [0.25, 0.3) is 5.56 Å². The molecule has 2 rings (SSSR count). The number of nitrogens with one attached hydrogen (secondary N) is 1. The molecule has 1 aromatic heterocycles. The standard InChI is InChI=1S/C16H21F3N2O6/c1-2-3-4-5-13(23)26-8-11-10(22)6-12(27-11)21-7-9(16(17,18)19)14(24)20-15(21)25/h7,10-12,22H,2-6,8H2,1H3,(H,20,24,25)/t10-,11+,12+/m0/s1. The molecule has 1 aliphatic rings. The first-order valence-electron chi connectivity index (χ1n) is 8.55. The molecule has 1 aliphatic heterocycles. The van der Waals surface area contributed by atoms with Crippen molar-refractivity contribution in [3.63, 3.8) is 0 Å². The maximum atomic E-state index is 12.9. The number of esters is 1. The van der Waals surface area contributed by atoms with Crippen molar-refractivity contribution >= 4 is 5.97 Å². The van der Waals surface area contributed by atoms with Crippen LogP contribution in [0.3, 0.4) is 0 Å². The van der Waals surface area contributed by atoms with Gasteiger partial charge in [-0.3, -0.25) is 19.1 Å². The minimum absolute atomic E-state index is 0.193. The molecule has 0 aliphatic carbocycles. The first-order valence-corrected chi connectivity index (χ1v) is 8.55. The molecule has 1 saturated heterocycles. The zero-order chi connectivity index (χ0) is 20.2. The molecule has 0 amide bonds. The molecule has 2 N–H and O–H groups in total. The van der Waals surface area contributed by atoms with Crippen LogP contribution in [0.2, 0.25) is 0 Å². The highest BCUT2D eigenvalue weighted by Gasteiger charge is 2.39. The number of hydrogen-bond acceptors (Lipinski definition) is 6. The van der Waals surface area contributed by atoms with Gasteiger partial charge in [-0.2, -0.15) is 13.2 Å². The van der Waals surface area contributed by atoms with E-state index in [9.17, 15) is 32.7 Å². The lowest BCUT2D eigenvalue weighted by Gasteiger charge is -2.17. The van der Waals surface area contributed by atoms with Crippen molar-refractivity contribution in [1.29, 1.82) is 0 Å². The van der Waals surface area contributed by atoms with E-state index in [-0.39, 0.29) is 19.4 Å². The van der Waals surface area contributed by atoms with Crippen LogP contribution in [0.15, 0.2) is 15.8 Å². The monoisotopic (exact) mass is 394 g/mol. The summed E-state index contributed by atoms with van der Waals surface area (Å²) in [7, 11) is 0. The van der Waals surface area contributed by atoms with Gasteiger partial charge < -0.3 is 14.6 Å². The number of nitrogens with zero attached hydrogens (tertiary/aromatic N) is 1. The predicted octanol–water partition coefficient (Wildman–Crippen LogP) is 1.33. The fourth-order valence-corrected chi connectivity index (χ4v) is 2.70. The van der Waals surface area contributed by atoms with Crippen LogP contribution < -0.4 is 11.2 Å². The highest BCUT2D eigenvalue weighted by Crippen LogP contribution is 2.30. The van der Waals surface area contributed by atoms with Crippen LogP contribution in [0.5, 0.6) is 0 Å². The quantitative estimate of drug-likeness (QED) is 0.533. The Kier molecular flexibility index (Phi) is 6.82. The molecular formula is C16H21F3N2O6. The van der Waals surface area contributed by atoms with Crippen molar-refractivity contribution in [3.05, 3.63) is 32.6 Å². The van der Waals surface area contributed by atoms with Crippen LogP contribution >= 0.6 is 0 Å². The lowest BCUT2D eigenvalue weighted by Crippen LogP contribution is -2.36. The van der Waals surface area contributed by atoms with Gasteiger partial charge in [0.05, 0.1) is 6.10 Å². The summed E-state index contributed by atoms with van der Waals surface area (Å²) in [6.45, 7) is 1.70. The van der Waals surface area contributed by atoms with E-state index >= 15 is 0 Å². The normalized spacial score (nSPS) is 22.8. The summed E-state index contributed by atoms with van der Waals surface area (Å²) in [5, 5.41) is 10.00. The molecule has 0 bridgehead atoms. The predicted molar refractivity (Wildman–Crippen MR) is 86.0 cm³/mol. The van der Waals surface area contributed by atoms with E-state index in [1.807, 2.05) is 6.92 Å². The topological polar surface area (TPSA) is 111 Å². The molecule has 11 heteroatoms. The first kappa shape index (κ1) is 21.2. The van der Waals surface area contributed by atoms with Crippen LogP contribution in [0.4, 0.5) is 13.2 Å². The van der Waals surface area contributed by atoms with Crippen molar-refractivity contribution in [2.45, 2.75) is 63.6 Å². The summed E-state index contributed by atoms with van der Waals surface area (Å²) in [6.07, 6.45) is -5.46. The third-order valence-corrected chi connectivity index (χ3v) is 4.18. The number of carbonyl (C=O) groups is 1. The molecule has 2 heterocycles. The Hall–Kier alpha value is -2.14. The van der Waals surface area contributed by atoms with Crippen molar-refractivity contribution in [3.8, 4) is 0 Å². The Labute approximate surface area is 151 Å².